The predicted molar refractivity (Wildman–Crippen MR) is 148 cm³/mol. The van der Waals surface area contributed by atoms with Gasteiger partial charge < -0.3 is 14.7 Å². The van der Waals surface area contributed by atoms with Crippen molar-refractivity contribution >= 4 is 11.6 Å². The SMILES string of the molecule is C/C=C(OC)\C(=C(/C)O)c1ccc(-c2cnn(C(=O)N3CCCCC3Cc3ccccc3)n2)cc1.CC. The van der Waals surface area contributed by atoms with E-state index in [9.17, 15) is 9.90 Å². The third kappa shape index (κ3) is 6.67. The van der Waals surface area contributed by atoms with Crippen LogP contribution >= 0.6 is 0 Å². The standard InChI is InChI=1S/C28H32N4O3.C2H6/c1-4-26(35-3)27(20(2)33)23-15-13-22(14-16-23)25-19-29-32(30-25)28(34)31-17-9-8-12-24(31)18-21-10-6-5-7-11-21;1-2/h4-7,10-11,13-16,19,24,33H,8-9,12,17-18H2,1-3H3;1-2H3/b26-4+,27-20+;. The number of hydrogen-bond acceptors (Lipinski definition) is 5. The molecule has 3 aromatic rings. The van der Waals surface area contributed by atoms with Crippen molar-refractivity contribution < 1.29 is 14.6 Å². The van der Waals surface area contributed by atoms with Crippen LogP contribution in [0.15, 0.2) is 78.4 Å². The fourth-order valence-corrected chi connectivity index (χ4v) is 4.65. The van der Waals surface area contributed by atoms with Gasteiger partial charge in [-0.3, -0.25) is 0 Å². The van der Waals surface area contributed by atoms with Gasteiger partial charge in [-0.05, 0) is 56.7 Å². The Morgan fingerprint density at radius 2 is 1.81 bits per heavy atom. The zero-order chi connectivity index (χ0) is 26.8. The van der Waals surface area contributed by atoms with Gasteiger partial charge in [0, 0.05) is 18.2 Å². The van der Waals surface area contributed by atoms with Crippen molar-refractivity contribution in [1.29, 1.82) is 0 Å². The van der Waals surface area contributed by atoms with E-state index in [-0.39, 0.29) is 17.8 Å². The molecule has 1 saturated heterocycles. The molecule has 1 aliphatic heterocycles. The number of piperidine rings is 1. The zero-order valence-corrected chi connectivity index (χ0v) is 22.5. The normalized spacial score (nSPS) is 16.4. The first kappa shape index (κ1) is 27.7. The van der Waals surface area contributed by atoms with Crippen LogP contribution in [0.3, 0.4) is 0 Å². The number of aliphatic hydroxyl groups is 1. The molecule has 196 valence electrons. The fourth-order valence-electron chi connectivity index (χ4n) is 4.65. The van der Waals surface area contributed by atoms with E-state index in [1.807, 2.05) is 74.2 Å². The van der Waals surface area contributed by atoms with Crippen LogP contribution in [0.1, 0.15) is 58.1 Å². The molecule has 0 spiro atoms. The monoisotopic (exact) mass is 502 g/mol. The molecule has 1 atom stereocenters. The molecule has 2 heterocycles. The topological polar surface area (TPSA) is 80.5 Å². The highest BCUT2D eigenvalue weighted by atomic mass is 16.5. The second kappa shape index (κ2) is 13.4. The number of benzene rings is 2. The third-order valence-electron chi connectivity index (χ3n) is 6.41. The smallest absolute Gasteiger partial charge is 0.362 e. The highest BCUT2D eigenvalue weighted by molar-refractivity contribution is 5.80. The number of carbonyl (C=O) groups excluding carboxylic acids is 1. The Labute approximate surface area is 220 Å². The van der Waals surface area contributed by atoms with Gasteiger partial charge in [-0.15, -0.1) is 5.10 Å². The van der Waals surface area contributed by atoms with Crippen molar-refractivity contribution in [3.8, 4) is 11.3 Å². The Kier molecular flexibility index (Phi) is 10.1. The van der Waals surface area contributed by atoms with E-state index in [0.717, 1.165) is 36.8 Å². The summed E-state index contributed by atoms with van der Waals surface area (Å²) in [4.78, 5) is 16.4. The van der Waals surface area contributed by atoms with Crippen molar-refractivity contribution in [1.82, 2.24) is 19.9 Å². The van der Waals surface area contributed by atoms with Gasteiger partial charge >= 0.3 is 6.03 Å². The van der Waals surface area contributed by atoms with Crippen molar-refractivity contribution in [2.75, 3.05) is 13.7 Å². The molecule has 37 heavy (non-hydrogen) atoms. The summed E-state index contributed by atoms with van der Waals surface area (Å²) >= 11 is 0. The molecule has 2 aromatic carbocycles. The van der Waals surface area contributed by atoms with E-state index in [1.54, 1.807) is 20.2 Å². The number of carbonyl (C=O) groups is 1. The summed E-state index contributed by atoms with van der Waals surface area (Å²) in [5, 5.41) is 19.0. The van der Waals surface area contributed by atoms with Gasteiger partial charge in [0.15, 0.2) is 0 Å². The number of nitrogens with zero attached hydrogens (tertiary/aromatic N) is 4. The lowest BCUT2D eigenvalue weighted by Crippen LogP contribution is -2.47. The molecule has 1 aromatic heterocycles. The Balaban J connectivity index is 0.00000186. The number of aliphatic hydroxyl groups excluding tert-OH is 1. The molecule has 1 unspecified atom stereocenters. The molecular weight excluding hydrogens is 464 g/mol. The van der Waals surface area contributed by atoms with Gasteiger partial charge in [0.1, 0.15) is 17.2 Å². The van der Waals surface area contributed by atoms with Crippen molar-refractivity contribution in [2.45, 2.75) is 59.4 Å². The Morgan fingerprint density at radius 1 is 1.11 bits per heavy atom. The zero-order valence-electron chi connectivity index (χ0n) is 22.5. The first-order valence-electron chi connectivity index (χ1n) is 13.0. The summed E-state index contributed by atoms with van der Waals surface area (Å²) in [6.45, 7) is 8.21. The first-order valence-corrected chi connectivity index (χ1v) is 13.0. The molecule has 0 radical (unpaired) electrons. The predicted octanol–water partition coefficient (Wildman–Crippen LogP) is 6.88. The maximum atomic E-state index is 13.3. The minimum atomic E-state index is -0.188. The minimum Gasteiger partial charge on any atom is -0.512 e. The molecule has 0 saturated carbocycles. The van der Waals surface area contributed by atoms with E-state index in [4.69, 9.17) is 4.74 Å². The van der Waals surface area contributed by atoms with E-state index >= 15 is 0 Å². The minimum absolute atomic E-state index is 0.140. The van der Waals surface area contributed by atoms with Crippen LogP contribution < -0.4 is 0 Å². The summed E-state index contributed by atoms with van der Waals surface area (Å²) in [7, 11) is 1.58. The first-order chi connectivity index (χ1) is 18.0. The van der Waals surface area contributed by atoms with E-state index in [0.29, 0.717) is 23.6 Å². The van der Waals surface area contributed by atoms with Crippen LogP contribution in [0.2, 0.25) is 0 Å². The maximum absolute atomic E-state index is 13.3. The summed E-state index contributed by atoms with van der Waals surface area (Å²) in [5.41, 5.74) is 4.14. The van der Waals surface area contributed by atoms with Crippen molar-refractivity contribution in [3.63, 3.8) is 0 Å². The summed E-state index contributed by atoms with van der Waals surface area (Å²) < 4.78 is 5.40. The van der Waals surface area contributed by atoms with Crippen molar-refractivity contribution in [3.05, 3.63) is 89.5 Å². The fraction of sp³-hybridized carbons (Fsp3) is 0.367. The number of likely N-dealkylation sites (tertiary alicyclic amines) is 1. The molecule has 0 bridgehead atoms. The molecule has 1 aliphatic rings. The molecule has 7 heteroatoms. The second-order valence-electron chi connectivity index (χ2n) is 8.73. The number of allylic oxidation sites excluding steroid dienone is 3. The average Bonchev–Trinajstić information content (AvgIpc) is 3.44. The van der Waals surface area contributed by atoms with Crippen molar-refractivity contribution in [2.24, 2.45) is 0 Å². The molecule has 0 aliphatic carbocycles. The van der Waals surface area contributed by atoms with Crippen LogP contribution in [0.4, 0.5) is 4.79 Å². The van der Waals surface area contributed by atoms with Crippen LogP contribution in [0.25, 0.3) is 16.8 Å². The van der Waals surface area contributed by atoms with E-state index in [2.05, 4.69) is 22.3 Å². The van der Waals surface area contributed by atoms with Gasteiger partial charge in [-0.2, -0.15) is 5.10 Å². The van der Waals surface area contributed by atoms with Gasteiger partial charge in [0.05, 0.1) is 18.9 Å². The lowest BCUT2D eigenvalue weighted by Gasteiger charge is -2.35. The largest absolute Gasteiger partial charge is 0.512 e. The van der Waals surface area contributed by atoms with E-state index in [1.165, 1.54) is 10.4 Å². The Morgan fingerprint density at radius 3 is 2.43 bits per heavy atom. The quantitative estimate of drug-likeness (QED) is 0.294. The second-order valence-corrected chi connectivity index (χ2v) is 8.73. The van der Waals surface area contributed by atoms with E-state index < -0.39 is 0 Å². The Hall–Kier alpha value is -3.87. The van der Waals surface area contributed by atoms with Crippen LogP contribution in [-0.2, 0) is 11.2 Å². The summed E-state index contributed by atoms with van der Waals surface area (Å²) in [5.74, 6) is 0.775. The summed E-state index contributed by atoms with van der Waals surface area (Å²) in [6, 6.07) is 17.8. The highest BCUT2D eigenvalue weighted by Gasteiger charge is 2.29. The maximum Gasteiger partial charge on any atom is 0.362 e. The molecule has 1 amide bonds. The summed E-state index contributed by atoms with van der Waals surface area (Å²) in [6.07, 6.45) is 7.34. The lowest BCUT2D eigenvalue weighted by atomic mass is 9.96. The Bertz CT molecular complexity index is 1210. The number of methoxy groups -OCH3 is 1. The van der Waals surface area contributed by atoms with Crippen LogP contribution in [0, 0.1) is 0 Å². The van der Waals surface area contributed by atoms with Gasteiger partial charge in [-0.25, -0.2) is 4.79 Å². The molecule has 7 nitrogen and oxygen atoms in total. The van der Waals surface area contributed by atoms with Gasteiger partial charge in [0.25, 0.3) is 0 Å². The number of rotatable bonds is 6. The number of ether oxygens (including phenoxy) is 1. The average molecular weight is 503 g/mol. The highest BCUT2D eigenvalue weighted by Crippen LogP contribution is 2.28. The molecular formula is C30H38N4O3. The number of hydrogen-bond donors (Lipinski definition) is 1. The van der Waals surface area contributed by atoms with Crippen LogP contribution in [-0.4, -0.2) is 50.7 Å². The number of amides is 1. The third-order valence-corrected chi connectivity index (χ3v) is 6.41. The van der Waals surface area contributed by atoms with Gasteiger partial charge in [0.2, 0.25) is 0 Å². The molecule has 1 fully saturated rings. The lowest BCUT2D eigenvalue weighted by molar-refractivity contribution is 0.146. The van der Waals surface area contributed by atoms with Gasteiger partial charge in [-0.1, -0.05) is 73.2 Å². The molecule has 1 N–H and O–H groups in total. The molecule has 4 rings (SSSR count). The van der Waals surface area contributed by atoms with Crippen LogP contribution in [0.5, 0.6) is 0 Å². The number of aromatic nitrogens is 3.